The first-order valence-electron chi connectivity index (χ1n) is 6.58. The molecule has 0 saturated carbocycles. The van der Waals surface area contributed by atoms with Crippen molar-refractivity contribution in [1.82, 2.24) is 9.97 Å². The molecular formula is C15H18N4OS. The van der Waals surface area contributed by atoms with Gasteiger partial charge in [-0.3, -0.25) is 4.79 Å². The average molecular weight is 302 g/mol. The van der Waals surface area contributed by atoms with Crippen LogP contribution in [0.5, 0.6) is 0 Å². The Morgan fingerprint density at radius 3 is 2.57 bits per heavy atom. The molecule has 0 aliphatic heterocycles. The smallest absolute Gasteiger partial charge is 0.237 e. The van der Waals surface area contributed by atoms with Crippen molar-refractivity contribution in [2.75, 3.05) is 11.1 Å². The van der Waals surface area contributed by atoms with Crippen LogP contribution in [0.25, 0.3) is 0 Å². The first kappa shape index (κ1) is 15.3. The van der Waals surface area contributed by atoms with Crippen molar-refractivity contribution in [1.29, 1.82) is 0 Å². The Bertz CT molecular complexity index is 643. The molecule has 1 aromatic carbocycles. The Morgan fingerprint density at radius 2 is 1.95 bits per heavy atom. The first-order chi connectivity index (χ1) is 9.95. The maximum absolute atomic E-state index is 12.2. The summed E-state index contributed by atoms with van der Waals surface area (Å²) in [6, 6.07) is 5.41. The minimum Gasteiger partial charge on any atom is -0.399 e. The molecule has 1 atom stereocenters. The van der Waals surface area contributed by atoms with Gasteiger partial charge in [0.1, 0.15) is 0 Å². The van der Waals surface area contributed by atoms with Gasteiger partial charge in [-0.25, -0.2) is 9.97 Å². The maximum atomic E-state index is 12.2. The van der Waals surface area contributed by atoms with E-state index in [4.69, 9.17) is 5.73 Å². The summed E-state index contributed by atoms with van der Waals surface area (Å²) in [7, 11) is 0. The second-order valence-electron chi connectivity index (χ2n) is 4.87. The lowest BCUT2D eigenvalue weighted by atomic mass is 10.2. The van der Waals surface area contributed by atoms with E-state index in [1.54, 1.807) is 18.5 Å². The number of benzene rings is 1. The molecule has 2 rings (SSSR count). The molecule has 21 heavy (non-hydrogen) atoms. The standard InChI is InChI=1S/C15H18N4OS/c1-9-7-17-15(18-8-9)21-11(3)14(20)19-13-5-4-12(16)6-10(13)2/h4-8,11H,16H2,1-3H3,(H,19,20). The van der Waals surface area contributed by atoms with Gasteiger partial charge in [-0.2, -0.15) is 0 Å². The van der Waals surface area contributed by atoms with Crippen molar-refractivity contribution in [2.24, 2.45) is 0 Å². The van der Waals surface area contributed by atoms with Gasteiger partial charge < -0.3 is 11.1 Å². The monoisotopic (exact) mass is 302 g/mol. The minimum atomic E-state index is -0.287. The van der Waals surface area contributed by atoms with E-state index in [-0.39, 0.29) is 11.2 Å². The van der Waals surface area contributed by atoms with E-state index in [1.165, 1.54) is 11.8 Å². The zero-order valence-corrected chi connectivity index (χ0v) is 13.1. The summed E-state index contributed by atoms with van der Waals surface area (Å²) in [6.07, 6.45) is 3.48. The van der Waals surface area contributed by atoms with Crippen LogP contribution < -0.4 is 11.1 Å². The van der Waals surface area contributed by atoms with Crippen LogP contribution in [0.2, 0.25) is 0 Å². The molecule has 1 amide bonds. The lowest BCUT2D eigenvalue weighted by Crippen LogP contribution is -2.23. The van der Waals surface area contributed by atoms with Gasteiger partial charge in [-0.05, 0) is 50.1 Å². The van der Waals surface area contributed by atoms with Crippen molar-refractivity contribution in [3.05, 3.63) is 41.7 Å². The molecule has 1 aromatic heterocycles. The molecule has 0 aliphatic carbocycles. The fraction of sp³-hybridized carbons (Fsp3) is 0.267. The van der Waals surface area contributed by atoms with Crippen molar-refractivity contribution in [2.45, 2.75) is 31.2 Å². The molecule has 0 saturated heterocycles. The van der Waals surface area contributed by atoms with Gasteiger partial charge in [0.15, 0.2) is 5.16 Å². The maximum Gasteiger partial charge on any atom is 0.237 e. The van der Waals surface area contributed by atoms with Crippen LogP contribution in [0.4, 0.5) is 11.4 Å². The number of hydrogen-bond acceptors (Lipinski definition) is 5. The predicted molar refractivity (Wildman–Crippen MR) is 86.3 cm³/mol. The van der Waals surface area contributed by atoms with Crippen LogP contribution in [-0.2, 0) is 4.79 Å². The summed E-state index contributed by atoms with van der Waals surface area (Å²) in [5.74, 6) is -0.0861. The van der Waals surface area contributed by atoms with Crippen molar-refractivity contribution >= 4 is 29.0 Å². The molecule has 0 bridgehead atoms. The van der Waals surface area contributed by atoms with Crippen LogP contribution in [0.3, 0.4) is 0 Å². The second kappa shape index (κ2) is 6.58. The number of nitrogens with one attached hydrogen (secondary N) is 1. The van der Waals surface area contributed by atoms with E-state index in [0.29, 0.717) is 10.8 Å². The third-order valence-electron chi connectivity index (χ3n) is 2.92. The van der Waals surface area contributed by atoms with Crippen LogP contribution in [0.15, 0.2) is 35.7 Å². The Hall–Kier alpha value is -2.08. The Morgan fingerprint density at radius 1 is 1.29 bits per heavy atom. The normalized spacial score (nSPS) is 12.0. The van der Waals surface area contributed by atoms with Crippen LogP contribution in [-0.4, -0.2) is 21.1 Å². The van der Waals surface area contributed by atoms with E-state index in [2.05, 4.69) is 15.3 Å². The topological polar surface area (TPSA) is 80.9 Å². The number of nitrogen functional groups attached to an aromatic ring is 1. The van der Waals surface area contributed by atoms with Gasteiger partial charge in [0.2, 0.25) is 5.91 Å². The number of carbonyl (C=O) groups excluding carboxylic acids is 1. The van der Waals surface area contributed by atoms with Gasteiger partial charge in [0.05, 0.1) is 5.25 Å². The third kappa shape index (κ3) is 4.19. The minimum absolute atomic E-state index is 0.0861. The average Bonchev–Trinajstić information content (AvgIpc) is 2.44. The summed E-state index contributed by atoms with van der Waals surface area (Å²) in [5, 5.41) is 3.21. The molecule has 3 N–H and O–H groups in total. The predicted octanol–water partition coefficient (Wildman–Crippen LogP) is 2.79. The summed E-state index contributed by atoms with van der Waals surface area (Å²) < 4.78 is 0. The molecule has 6 heteroatoms. The SMILES string of the molecule is Cc1cnc(SC(C)C(=O)Nc2ccc(N)cc2C)nc1. The summed E-state index contributed by atoms with van der Waals surface area (Å²) >= 11 is 1.33. The Labute approximate surface area is 128 Å². The van der Waals surface area contributed by atoms with Gasteiger partial charge in [0, 0.05) is 23.8 Å². The molecule has 2 aromatic rings. The number of carbonyl (C=O) groups is 1. The van der Waals surface area contributed by atoms with Crippen molar-refractivity contribution < 1.29 is 4.79 Å². The Kier molecular flexibility index (Phi) is 4.80. The summed E-state index contributed by atoms with van der Waals surface area (Å²) in [5.41, 5.74) is 9.08. The van der Waals surface area contributed by atoms with Gasteiger partial charge in [-0.1, -0.05) is 11.8 Å². The van der Waals surface area contributed by atoms with Gasteiger partial charge in [-0.15, -0.1) is 0 Å². The number of rotatable bonds is 4. The molecule has 0 spiro atoms. The molecule has 0 radical (unpaired) electrons. The molecular weight excluding hydrogens is 284 g/mol. The number of anilines is 2. The quantitative estimate of drug-likeness (QED) is 0.515. The van der Waals surface area contributed by atoms with E-state index < -0.39 is 0 Å². The van der Waals surface area contributed by atoms with Crippen LogP contribution in [0.1, 0.15) is 18.1 Å². The molecule has 110 valence electrons. The number of nitrogens with zero attached hydrogens (tertiary/aromatic N) is 2. The highest BCUT2D eigenvalue weighted by Gasteiger charge is 2.16. The summed E-state index contributed by atoms with van der Waals surface area (Å²) in [4.78, 5) is 20.6. The molecule has 5 nitrogen and oxygen atoms in total. The molecule has 1 unspecified atom stereocenters. The van der Waals surface area contributed by atoms with Gasteiger partial charge in [0.25, 0.3) is 0 Å². The fourth-order valence-corrected chi connectivity index (χ4v) is 2.42. The summed E-state index contributed by atoms with van der Waals surface area (Å²) in [6.45, 7) is 5.66. The lowest BCUT2D eigenvalue weighted by molar-refractivity contribution is -0.115. The molecule has 0 fully saturated rings. The number of amides is 1. The van der Waals surface area contributed by atoms with E-state index in [9.17, 15) is 4.79 Å². The van der Waals surface area contributed by atoms with Crippen LogP contribution >= 0.6 is 11.8 Å². The number of nitrogens with two attached hydrogens (primary N) is 1. The van der Waals surface area contributed by atoms with Gasteiger partial charge >= 0.3 is 0 Å². The highest BCUT2D eigenvalue weighted by atomic mass is 32.2. The molecule has 0 aliphatic rings. The zero-order valence-electron chi connectivity index (χ0n) is 12.3. The lowest BCUT2D eigenvalue weighted by Gasteiger charge is -2.13. The number of aryl methyl sites for hydroxylation is 2. The highest BCUT2D eigenvalue weighted by molar-refractivity contribution is 8.00. The fourth-order valence-electron chi connectivity index (χ4n) is 1.71. The third-order valence-corrected chi connectivity index (χ3v) is 3.91. The zero-order chi connectivity index (χ0) is 15.4. The largest absolute Gasteiger partial charge is 0.399 e. The number of hydrogen-bond donors (Lipinski definition) is 2. The van der Waals surface area contributed by atoms with Crippen molar-refractivity contribution in [3.63, 3.8) is 0 Å². The van der Waals surface area contributed by atoms with E-state index in [1.807, 2.05) is 32.9 Å². The van der Waals surface area contributed by atoms with E-state index >= 15 is 0 Å². The number of thioether (sulfide) groups is 1. The Balaban J connectivity index is 2.00. The van der Waals surface area contributed by atoms with Crippen molar-refractivity contribution in [3.8, 4) is 0 Å². The second-order valence-corrected chi connectivity index (χ2v) is 6.17. The highest BCUT2D eigenvalue weighted by Crippen LogP contribution is 2.22. The van der Waals surface area contributed by atoms with Crippen LogP contribution in [0, 0.1) is 13.8 Å². The first-order valence-corrected chi connectivity index (χ1v) is 7.46. The van der Waals surface area contributed by atoms with E-state index in [0.717, 1.165) is 16.8 Å². The molecule has 1 heterocycles. The number of aromatic nitrogens is 2.